The second-order valence-electron chi connectivity index (χ2n) is 7.07. The van der Waals surface area contributed by atoms with Crippen LogP contribution in [0.15, 0.2) is 4.99 Å². The SMILES string of the molecule is NC(=NCC1(CCO)CCCCC1)NC1CCCCCC1. The third-order valence-corrected chi connectivity index (χ3v) is 5.35. The molecule has 122 valence electrons. The van der Waals surface area contributed by atoms with Gasteiger partial charge in [-0.1, -0.05) is 44.9 Å². The van der Waals surface area contributed by atoms with E-state index >= 15 is 0 Å². The van der Waals surface area contributed by atoms with Crippen molar-refractivity contribution in [2.75, 3.05) is 13.2 Å². The Morgan fingerprint density at radius 3 is 2.29 bits per heavy atom. The molecule has 0 atom stereocenters. The van der Waals surface area contributed by atoms with E-state index in [1.807, 2.05) is 0 Å². The van der Waals surface area contributed by atoms with Crippen molar-refractivity contribution in [3.05, 3.63) is 0 Å². The van der Waals surface area contributed by atoms with Crippen molar-refractivity contribution < 1.29 is 5.11 Å². The third kappa shape index (κ3) is 5.50. The molecule has 0 spiro atoms. The highest BCUT2D eigenvalue weighted by Crippen LogP contribution is 2.39. The van der Waals surface area contributed by atoms with Crippen LogP contribution >= 0.6 is 0 Å². The highest BCUT2D eigenvalue weighted by atomic mass is 16.3. The molecular weight excluding hydrogens is 262 g/mol. The second kappa shape index (κ2) is 8.62. The minimum atomic E-state index is 0.197. The van der Waals surface area contributed by atoms with Gasteiger partial charge in [0.05, 0.1) is 0 Å². The van der Waals surface area contributed by atoms with Gasteiger partial charge in [-0.15, -0.1) is 0 Å². The molecule has 2 fully saturated rings. The number of nitrogens with two attached hydrogens (primary N) is 1. The number of nitrogens with one attached hydrogen (secondary N) is 1. The minimum Gasteiger partial charge on any atom is -0.396 e. The van der Waals surface area contributed by atoms with Gasteiger partial charge in [0.25, 0.3) is 0 Å². The monoisotopic (exact) mass is 295 g/mol. The van der Waals surface area contributed by atoms with Crippen LogP contribution in [0.4, 0.5) is 0 Å². The van der Waals surface area contributed by atoms with Gasteiger partial charge in [0, 0.05) is 19.2 Å². The Balaban J connectivity index is 1.84. The van der Waals surface area contributed by atoms with Crippen molar-refractivity contribution in [1.82, 2.24) is 5.32 Å². The maximum absolute atomic E-state index is 9.35. The number of aliphatic hydroxyl groups is 1. The molecule has 0 aromatic heterocycles. The number of rotatable bonds is 5. The Kier molecular flexibility index (Phi) is 6.81. The molecule has 0 amide bonds. The standard InChI is InChI=1S/C17H33N3O/c18-16(20-15-8-4-1-2-5-9-15)19-14-17(12-13-21)10-6-3-7-11-17/h15,21H,1-14H2,(H3,18,19,20). The van der Waals surface area contributed by atoms with Crippen LogP contribution < -0.4 is 11.1 Å². The van der Waals surface area contributed by atoms with E-state index < -0.39 is 0 Å². The second-order valence-corrected chi connectivity index (χ2v) is 7.07. The van der Waals surface area contributed by atoms with E-state index in [1.165, 1.54) is 70.6 Å². The van der Waals surface area contributed by atoms with Crippen LogP contribution in [0.5, 0.6) is 0 Å². The normalized spacial score (nSPS) is 24.5. The summed E-state index contributed by atoms with van der Waals surface area (Å²) in [5.74, 6) is 0.616. The Hall–Kier alpha value is -0.770. The summed E-state index contributed by atoms with van der Waals surface area (Å²) < 4.78 is 0. The highest BCUT2D eigenvalue weighted by molar-refractivity contribution is 5.78. The maximum Gasteiger partial charge on any atom is 0.188 e. The summed E-state index contributed by atoms with van der Waals surface area (Å²) >= 11 is 0. The molecule has 2 aliphatic carbocycles. The van der Waals surface area contributed by atoms with Gasteiger partial charge in [-0.25, -0.2) is 0 Å². The minimum absolute atomic E-state index is 0.197. The fourth-order valence-electron chi connectivity index (χ4n) is 3.96. The Morgan fingerprint density at radius 2 is 1.67 bits per heavy atom. The smallest absolute Gasteiger partial charge is 0.188 e. The van der Waals surface area contributed by atoms with Crippen LogP contribution in [0, 0.1) is 5.41 Å². The molecule has 0 radical (unpaired) electrons. The van der Waals surface area contributed by atoms with E-state index in [4.69, 9.17) is 5.73 Å². The molecule has 0 bridgehead atoms. The van der Waals surface area contributed by atoms with Gasteiger partial charge in [0.1, 0.15) is 0 Å². The van der Waals surface area contributed by atoms with E-state index in [0.29, 0.717) is 12.0 Å². The van der Waals surface area contributed by atoms with Crippen LogP contribution in [0.2, 0.25) is 0 Å². The maximum atomic E-state index is 9.35. The van der Waals surface area contributed by atoms with Crippen molar-refractivity contribution in [2.24, 2.45) is 16.1 Å². The summed E-state index contributed by atoms with van der Waals surface area (Å²) in [7, 11) is 0. The molecule has 0 saturated heterocycles. The fourth-order valence-corrected chi connectivity index (χ4v) is 3.96. The largest absolute Gasteiger partial charge is 0.396 e. The van der Waals surface area contributed by atoms with Crippen LogP contribution in [-0.2, 0) is 0 Å². The number of hydrogen-bond donors (Lipinski definition) is 3. The van der Waals surface area contributed by atoms with E-state index in [2.05, 4.69) is 10.3 Å². The summed E-state index contributed by atoms with van der Waals surface area (Å²) in [6.45, 7) is 1.05. The van der Waals surface area contributed by atoms with E-state index in [-0.39, 0.29) is 12.0 Å². The van der Waals surface area contributed by atoms with Gasteiger partial charge in [-0.2, -0.15) is 0 Å². The molecule has 0 aromatic rings. The molecule has 21 heavy (non-hydrogen) atoms. The Bertz CT molecular complexity index is 310. The lowest BCUT2D eigenvalue weighted by Gasteiger charge is -2.35. The Labute approximate surface area is 129 Å². The first-order valence-electron chi connectivity index (χ1n) is 8.91. The Morgan fingerprint density at radius 1 is 1.05 bits per heavy atom. The predicted molar refractivity (Wildman–Crippen MR) is 88.3 cm³/mol. The van der Waals surface area contributed by atoms with Crippen molar-refractivity contribution in [2.45, 2.75) is 83.1 Å². The van der Waals surface area contributed by atoms with Gasteiger partial charge >= 0.3 is 0 Å². The van der Waals surface area contributed by atoms with Gasteiger partial charge in [-0.3, -0.25) is 4.99 Å². The molecule has 4 N–H and O–H groups in total. The first-order valence-corrected chi connectivity index (χ1v) is 8.91. The third-order valence-electron chi connectivity index (χ3n) is 5.35. The van der Waals surface area contributed by atoms with Gasteiger partial charge in [-0.05, 0) is 37.5 Å². The molecule has 0 heterocycles. The van der Waals surface area contributed by atoms with Crippen LogP contribution in [0.25, 0.3) is 0 Å². The van der Waals surface area contributed by atoms with Gasteiger partial charge in [0.15, 0.2) is 5.96 Å². The molecule has 2 aliphatic rings. The molecule has 4 nitrogen and oxygen atoms in total. The van der Waals surface area contributed by atoms with Gasteiger partial charge in [0.2, 0.25) is 0 Å². The zero-order chi connectivity index (χ0) is 15.0. The number of hydrogen-bond acceptors (Lipinski definition) is 2. The molecule has 0 aromatic carbocycles. The zero-order valence-corrected chi connectivity index (χ0v) is 13.4. The van der Waals surface area contributed by atoms with E-state index in [0.717, 1.165) is 13.0 Å². The molecule has 4 heteroatoms. The quantitative estimate of drug-likeness (QED) is 0.415. The molecule has 2 rings (SSSR count). The summed E-state index contributed by atoms with van der Waals surface area (Å²) in [4.78, 5) is 4.64. The van der Waals surface area contributed by atoms with Crippen molar-refractivity contribution in [3.8, 4) is 0 Å². The number of nitrogens with zero attached hydrogens (tertiary/aromatic N) is 1. The number of aliphatic imine (C=N–C) groups is 1. The highest BCUT2D eigenvalue weighted by Gasteiger charge is 2.31. The number of guanidine groups is 1. The average Bonchev–Trinajstić information content (AvgIpc) is 2.75. The number of aliphatic hydroxyl groups excluding tert-OH is 1. The molecule has 0 aliphatic heterocycles. The molecule has 2 saturated carbocycles. The summed E-state index contributed by atoms with van der Waals surface area (Å²) in [5.41, 5.74) is 6.30. The lowest BCUT2D eigenvalue weighted by molar-refractivity contribution is 0.137. The van der Waals surface area contributed by atoms with Gasteiger partial charge < -0.3 is 16.2 Å². The van der Waals surface area contributed by atoms with Crippen molar-refractivity contribution in [3.63, 3.8) is 0 Å². The lowest BCUT2D eigenvalue weighted by atomic mass is 9.72. The van der Waals surface area contributed by atoms with Crippen molar-refractivity contribution >= 4 is 5.96 Å². The summed E-state index contributed by atoms with van der Waals surface area (Å²) in [6.07, 6.45) is 14.9. The van der Waals surface area contributed by atoms with E-state index in [9.17, 15) is 5.11 Å². The predicted octanol–water partition coefficient (Wildman–Crippen LogP) is 2.95. The topological polar surface area (TPSA) is 70.6 Å². The zero-order valence-electron chi connectivity index (χ0n) is 13.4. The van der Waals surface area contributed by atoms with Crippen LogP contribution in [0.1, 0.15) is 77.0 Å². The van der Waals surface area contributed by atoms with E-state index in [1.54, 1.807) is 0 Å². The van der Waals surface area contributed by atoms with Crippen molar-refractivity contribution in [1.29, 1.82) is 0 Å². The summed E-state index contributed by atoms with van der Waals surface area (Å²) in [6, 6.07) is 0.511. The average molecular weight is 295 g/mol. The lowest BCUT2D eigenvalue weighted by Crippen LogP contribution is -2.41. The first kappa shape index (κ1) is 16.6. The van der Waals surface area contributed by atoms with Crippen LogP contribution in [0.3, 0.4) is 0 Å². The summed E-state index contributed by atoms with van der Waals surface area (Å²) in [5, 5.41) is 12.8. The van der Waals surface area contributed by atoms with Crippen LogP contribution in [-0.4, -0.2) is 30.3 Å². The first-order chi connectivity index (χ1) is 10.2. The molecular formula is C17H33N3O. The molecule has 0 unspecified atom stereocenters. The fraction of sp³-hybridized carbons (Fsp3) is 0.941.